The van der Waals surface area contributed by atoms with Crippen LogP contribution in [0.4, 0.5) is 0 Å². The number of nitrogens with zero attached hydrogens (tertiary/aromatic N) is 2. The summed E-state index contributed by atoms with van der Waals surface area (Å²) in [6.45, 7) is 2.53. The molecule has 104 valence electrons. The van der Waals surface area contributed by atoms with E-state index in [4.69, 9.17) is 4.74 Å². The summed E-state index contributed by atoms with van der Waals surface area (Å²) in [6.07, 6.45) is 5.34. The Balaban J connectivity index is 1.65. The van der Waals surface area contributed by atoms with Crippen LogP contribution in [0.2, 0.25) is 0 Å². The molecule has 1 aromatic rings. The number of guanidine groups is 1. The summed E-state index contributed by atoms with van der Waals surface area (Å²) in [4.78, 5) is 8.49. The lowest BCUT2D eigenvalue weighted by Gasteiger charge is -2.14. The van der Waals surface area contributed by atoms with Crippen LogP contribution < -0.4 is 10.6 Å². The third-order valence-corrected chi connectivity index (χ3v) is 3.14. The molecule has 1 fully saturated rings. The topological polar surface area (TPSA) is 58.5 Å². The smallest absolute Gasteiger partial charge is 0.191 e. The van der Waals surface area contributed by atoms with Gasteiger partial charge in [-0.1, -0.05) is 6.07 Å². The maximum Gasteiger partial charge on any atom is 0.191 e. The maximum atomic E-state index is 5.57. The Labute approximate surface area is 114 Å². The molecule has 1 unspecified atom stereocenters. The lowest BCUT2D eigenvalue weighted by atomic mass is 10.2. The van der Waals surface area contributed by atoms with Crippen LogP contribution in [-0.2, 0) is 11.2 Å². The summed E-state index contributed by atoms with van der Waals surface area (Å²) in [5, 5.41) is 6.58. The number of rotatable bonds is 5. The highest BCUT2D eigenvalue weighted by Gasteiger charge is 2.15. The number of aromatic nitrogens is 1. The van der Waals surface area contributed by atoms with Crippen molar-refractivity contribution in [3.05, 3.63) is 30.1 Å². The van der Waals surface area contributed by atoms with Gasteiger partial charge in [-0.2, -0.15) is 0 Å². The first-order chi connectivity index (χ1) is 9.38. The summed E-state index contributed by atoms with van der Waals surface area (Å²) in [6, 6.07) is 5.97. The molecule has 5 nitrogen and oxygen atoms in total. The molecule has 0 spiro atoms. The van der Waals surface area contributed by atoms with Gasteiger partial charge in [0.25, 0.3) is 0 Å². The van der Waals surface area contributed by atoms with Crippen molar-refractivity contribution in [3.63, 3.8) is 0 Å². The molecule has 0 aromatic carbocycles. The van der Waals surface area contributed by atoms with Crippen molar-refractivity contribution in [1.82, 2.24) is 15.6 Å². The normalized spacial score (nSPS) is 19.4. The van der Waals surface area contributed by atoms with Crippen LogP contribution in [0.25, 0.3) is 0 Å². The van der Waals surface area contributed by atoms with Crippen molar-refractivity contribution in [3.8, 4) is 0 Å². The van der Waals surface area contributed by atoms with Crippen LogP contribution in [0.3, 0.4) is 0 Å². The van der Waals surface area contributed by atoms with Gasteiger partial charge in [0.2, 0.25) is 0 Å². The van der Waals surface area contributed by atoms with Gasteiger partial charge in [0.1, 0.15) is 0 Å². The first-order valence-electron chi connectivity index (χ1n) is 6.84. The Kier molecular flexibility index (Phi) is 5.62. The third kappa shape index (κ3) is 4.87. The van der Waals surface area contributed by atoms with Crippen molar-refractivity contribution in [2.24, 2.45) is 4.99 Å². The quantitative estimate of drug-likeness (QED) is 0.613. The Hall–Kier alpha value is -1.62. The highest BCUT2D eigenvalue weighted by molar-refractivity contribution is 5.79. The molecule has 1 atom stereocenters. The zero-order chi connectivity index (χ0) is 13.3. The summed E-state index contributed by atoms with van der Waals surface area (Å²) in [7, 11) is 1.78. The summed E-state index contributed by atoms with van der Waals surface area (Å²) < 4.78 is 5.57. The van der Waals surface area contributed by atoms with Gasteiger partial charge < -0.3 is 15.4 Å². The molecule has 2 N–H and O–H groups in total. The fraction of sp³-hybridized carbons (Fsp3) is 0.571. The second kappa shape index (κ2) is 7.74. The number of nitrogens with one attached hydrogen (secondary N) is 2. The summed E-state index contributed by atoms with van der Waals surface area (Å²) in [5.41, 5.74) is 1.09. The molecular weight excluding hydrogens is 240 g/mol. The maximum absolute atomic E-state index is 5.57. The van der Waals surface area contributed by atoms with Crippen LogP contribution in [0, 0.1) is 0 Å². The first kappa shape index (κ1) is 13.8. The minimum atomic E-state index is 0.328. The predicted molar refractivity (Wildman–Crippen MR) is 76.3 cm³/mol. The van der Waals surface area contributed by atoms with Gasteiger partial charge in [0.15, 0.2) is 5.96 Å². The summed E-state index contributed by atoms with van der Waals surface area (Å²) >= 11 is 0. The molecule has 1 aliphatic rings. The fourth-order valence-corrected chi connectivity index (χ4v) is 2.09. The van der Waals surface area contributed by atoms with Gasteiger partial charge >= 0.3 is 0 Å². The molecule has 5 heteroatoms. The molecule has 1 aromatic heterocycles. The van der Waals surface area contributed by atoms with E-state index in [0.29, 0.717) is 6.10 Å². The number of aliphatic imine (C=N–C) groups is 1. The Bertz CT molecular complexity index is 388. The predicted octanol–water partition coefficient (Wildman–Crippen LogP) is 0.968. The van der Waals surface area contributed by atoms with Gasteiger partial charge in [-0.3, -0.25) is 9.98 Å². The van der Waals surface area contributed by atoms with Gasteiger partial charge in [-0.15, -0.1) is 0 Å². The van der Waals surface area contributed by atoms with Crippen LogP contribution in [0.15, 0.2) is 29.4 Å². The van der Waals surface area contributed by atoms with Gasteiger partial charge in [-0.05, 0) is 25.0 Å². The van der Waals surface area contributed by atoms with E-state index < -0.39 is 0 Å². The van der Waals surface area contributed by atoms with E-state index in [2.05, 4.69) is 20.6 Å². The molecule has 0 aliphatic carbocycles. The van der Waals surface area contributed by atoms with Crippen molar-refractivity contribution in [1.29, 1.82) is 0 Å². The zero-order valence-electron chi connectivity index (χ0n) is 11.4. The molecule has 0 radical (unpaired) electrons. The minimum absolute atomic E-state index is 0.328. The van der Waals surface area contributed by atoms with E-state index >= 15 is 0 Å². The second-order valence-electron chi connectivity index (χ2n) is 4.59. The van der Waals surface area contributed by atoms with Crippen LogP contribution in [0.1, 0.15) is 18.5 Å². The fourth-order valence-electron chi connectivity index (χ4n) is 2.09. The molecular formula is C14H22N4O. The van der Waals surface area contributed by atoms with Crippen LogP contribution in [-0.4, -0.2) is 43.8 Å². The van der Waals surface area contributed by atoms with Crippen molar-refractivity contribution < 1.29 is 4.74 Å². The molecule has 2 heterocycles. The number of hydrogen-bond acceptors (Lipinski definition) is 3. The molecule has 0 bridgehead atoms. The molecule has 1 aliphatic heterocycles. The van der Waals surface area contributed by atoms with Crippen molar-refractivity contribution in [2.45, 2.75) is 25.4 Å². The zero-order valence-corrected chi connectivity index (χ0v) is 11.4. The average molecular weight is 262 g/mol. The monoisotopic (exact) mass is 262 g/mol. The second-order valence-corrected chi connectivity index (χ2v) is 4.59. The SMILES string of the molecule is CN=C(NCCc1ccccn1)NCC1CCCO1. The Morgan fingerprint density at radius 1 is 1.47 bits per heavy atom. The van der Waals surface area contributed by atoms with E-state index in [1.807, 2.05) is 24.4 Å². The lowest BCUT2D eigenvalue weighted by Crippen LogP contribution is -2.41. The van der Waals surface area contributed by atoms with Gasteiger partial charge in [-0.25, -0.2) is 0 Å². The van der Waals surface area contributed by atoms with Crippen LogP contribution in [0.5, 0.6) is 0 Å². The van der Waals surface area contributed by atoms with Crippen molar-refractivity contribution >= 4 is 5.96 Å². The van der Waals surface area contributed by atoms with E-state index in [0.717, 1.165) is 50.6 Å². The van der Waals surface area contributed by atoms with Gasteiger partial charge in [0, 0.05) is 45.1 Å². The number of ether oxygens (including phenoxy) is 1. The highest BCUT2D eigenvalue weighted by atomic mass is 16.5. The average Bonchev–Trinajstić information content (AvgIpc) is 2.97. The Morgan fingerprint density at radius 2 is 2.42 bits per heavy atom. The molecule has 0 saturated carbocycles. The number of pyridine rings is 1. The lowest BCUT2D eigenvalue weighted by molar-refractivity contribution is 0.114. The van der Waals surface area contributed by atoms with Crippen molar-refractivity contribution in [2.75, 3.05) is 26.7 Å². The standard InChI is InChI=1S/C14H22N4O/c1-15-14(18-11-13-6-4-10-19-13)17-9-7-12-5-2-3-8-16-12/h2-3,5,8,13H,4,6-7,9-11H2,1H3,(H2,15,17,18). The minimum Gasteiger partial charge on any atom is -0.376 e. The van der Waals surface area contributed by atoms with E-state index in [1.54, 1.807) is 7.05 Å². The summed E-state index contributed by atoms with van der Waals surface area (Å²) in [5.74, 6) is 0.825. The van der Waals surface area contributed by atoms with E-state index in [9.17, 15) is 0 Å². The first-order valence-corrected chi connectivity index (χ1v) is 6.84. The van der Waals surface area contributed by atoms with Crippen LogP contribution >= 0.6 is 0 Å². The highest BCUT2D eigenvalue weighted by Crippen LogP contribution is 2.10. The molecule has 19 heavy (non-hydrogen) atoms. The van der Waals surface area contributed by atoms with E-state index in [-0.39, 0.29) is 0 Å². The molecule has 2 rings (SSSR count). The Morgan fingerprint density at radius 3 is 3.11 bits per heavy atom. The van der Waals surface area contributed by atoms with Gasteiger partial charge in [0.05, 0.1) is 6.10 Å². The largest absolute Gasteiger partial charge is 0.376 e. The number of hydrogen-bond donors (Lipinski definition) is 2. The van der Waals surface area contributed by atoms with E-state index in [1.165, 1.54) is 0 Å². The molecule has 0 amide bonds. The third-order valence-electron chi connectivity index (χ3n) is 3.14. The molecule has 1 saturated heterocycles.